The molecule has 158 valence electrons. The van der Waals surface area contributed by atoms with E-state index in [9.17, 15) is 14.4 Å². The number of carbonyl (C=O) groups excluding carboxylic acids is 3. The molecule has 30 heavy (non-hydrogen) atoms. The summed E-state index contributed by atoms with van der Waals surface area (Å²) in [6.07, 6.45) is 1.17. The Kier molecular flexibility index (Phi) is 8.16. The van der Waals surface area contributed by atoms with Crippen LogP contribution in [0.2, 0.25) is 5.02 Å². The molecular weight excluding hydrogens is 424 g/mol. The van der Waals surface area contributed by atoms with Crippen LogP contribution in [0.5, 0.6) is 0 Å². The molecule has 2 aromatic rings. The lowest BCUT2D eigenvalue weighted by atomic mass is 9.95. The zero-order chi connectivity index (χ0) is 21.3. The number of likely N-dealkylation sites (tertiary alicyclic amines) is 1. The molecule has 0 aromatic heterocycles. The second-order valence-corrected chi connectivity index (χ2v) is 8.31. The molecule has 0 bridgehead atoms. The maximum absolute atomic E-state index is 12.4. The monoisotopic (exact) mass is 446 g/mol. The second-order valence-electron chi connectivity index (χ2n) is 6.89. The van der Waals surface area contributed by atoms with Crippen LogP contribution in [-0.4, -0.2) is 48.1 Å². The van der Waals surface area contributed by atoms with Crippen molar-refractivity contribution in [3.8, 4) is 0 Å². The Labute approximate surface area is 184 Å². The largest absolute Gasteiger partial charge is 0.455 e. The Morgan fingerprint density at radius 2 is 1.70 bits per heavy atom. The fraction of sp³-hybridized carbons (Fsp3) is 0.318. The topological polar surface area (TPSA) is 75.7 Å². The molecule has 0 radical (unpaired) electrons. The Hall–Kier alpha value is -2.51. The van der Waals surface area contributed by atoms with Crippen molar-refractivity contribution in [1.29, 1.82) is 0 Å². The molecule has 0 aliphatic carbocycles. The van der Waals surface area contributed by atoms with Gasteiger partial charge in [-0.1, -0.05) is 41.9 Å². The van der Waals surface area contributed by atoms with E-state index in [1.807, 2.05) is 48.5 Å². The van der Waals surface area contributed by atoms with E-state index in [1.165, 1.54) is 11.8 Å². The number of amides is 2. The molecule has 0 spiro atoms. The van der Waals surface area contributed by atoms with E-state index >= 15 is 0 Å². The second kappa shape index (κ2) is 11.0. The van der Waals surface area contributed by atoms with Crippen LogP contribution in [0, 0.1) is 5.92 Å². The molecule has 2 amide bonds. The van der Waals surface area contributed by atoms with E-state index in [0.717, 1.165) is 10.6 Å². The van der Waals surface area contributed by atoms with Gasteiger partial charge in [0.1, 0.15) is 0 Å². The van der Waals surface area contributed by atoms with E-state index in [4.69, 9.17) is 16.3 Å². The van der Waals surface area contributed by atoms with Gasteiger partial charge in [-0.2, -0.15) is 0 Å². The molecule has 8 heteroatoms. The highest BCUT2D eigenvalue weighted by Gasteiger charge is 2.27. The summed E-state index contributed by atoms with van der Waals surface area (Å²) in [5, 5.41) is 3.48. The number of hydrogen-bond acceptors (Lipinski definition) is 5. The Morgan fingerprint density at radius 1 is 1.03 bits per heavy atom. The molecule has 1 aliphatic heterocycles. The van der Waals surface area contributed by atoms with Gasteiger partial charge in [-0.05, 0) is 37.1 Å². The van der Waals surface area contributed by atoms with Crippen LogP contribution in [0.1, 0.15) is 12.8 Å². The molecule has 1 N–H and O–H groups in total. The quantitative estimate of drug-likeness (QED) is 0.516. The summed E-state index contributed by atoms with van der Waals surface area (Å²) in [5.74, 6) is -0.794. The SMILES string of the molecule is O=C(CSc1ccccc1Cl)OCC(=O)N1CCC(C(=O)Nc2ccccc2)CC1. The molecule has 1 saturated heterocycles. The molecular formula is C22H23ClN2O4S. The average Bonchev–Trinajstić information content (AvgIpc) is 2.77. The Morgan fingerprint density at radius 3 is 2.40 bits per heavy atom. The number of hydrogen-bond donors (Lipinski definition) is 1. The minimum absolute atomic E-state index is 0.0312. The number of ether oxygens (including phenoxy) is 1. The number of rotatable bonds is 7. The summed E-state index contributed by atoms with van der Waals surface area (Å²) in [6, 6.07) is 16.5. The number of halogens is 1. The van der Waals surface area contributed by atoms with Gasteiger partial charge in [-0.25, -0.2) is 0 Å². The minimum Gasteiger partial charge on any atom is -0.455 e. The summed E-state index contributed by atoms with van der Waals surface area (Å²) in [7, 11) is 0. The fourth-order valence-corrected chi connectivity index (χ4v) is 4.17. The van der Waals surface area contributed by atoms with Crippen LogP contribution in [-0.2, 0) is 19.1 Å². The number of benzene rings is 2. The number of carbonyl (C=O) groups is 3. The van der Waals surface area contributed by atoms with Crippen molar-refractivity contribution >= 4 is 46.8 Å². The van der Waals surface area contributed by atoms with Gasteiger partial charge >= 0.3 is 5.97 Å². The average molecular weight is 447 g/mol. The molecule has 1 fully saturated rings. The highest BCUT2D eigenvalue weighted by Crippen LogP contribution is 2.26. The first-order valence-electron chi connectivity index (χ1n) is 9.69. The predicted molar refractivity (Wildman–Crippen MR) is 118 cm³/mol. The number of nitrogens with one attached hydrogen (secondary N) is 1. The molecule has 0 unspecified atom stereocenters. The van der Waals surface area contributed by atoms with E-state index in [0.29, 0.717) is 31.0 Å². The van der Waals surface area contributed by atoms with Crippen LogP contribution in [0.15, 0.2) is 59.5 Å². The molecule has 1 heterocycles. The van der Waals surface area contributed by atoms with Crippen LogP contribution >= 0.6 is 23.4 Å². The number of nitrogens with zero attached hydrogens (tertiary/aromatic N) is 1. The standard InChI is InChI=1S/C22H23ClN2O4S/c23-18-8-4-5-9-19(18)30-15-21(27)29-14-20(26)25-12-10-16(11-13-25)22(28)24-17-6-2-1-3-7-17/h1-9,16H,10-15H2,(H,24,28). The van der Waals surface area contributed by atoms with Crippen molar-refractivity contribution in [3.05, 3.63) is 59.6 Å². The van der Waals surface area contributed by atoms with Gasteiger partial charge in [-0.3, -0.25) is 14.4 Å². The van der Waals surface area contributed by atoms with Crippen molar-refractivity contribution in [2.75, 3.05) is 30.8 Å². The number of piperidine rings is 1. The van der Waals surface area contributed by atoms with Gasteiger partial charge in [0, 0.05) is 29.6 Å². The normalized spacial score (nSPS) is 14.2. The molecule has 6 nitrogen and oxygen atoms in total. The maximum atomic E-state index is 12.4. The lowest BCUT2D eigenvalue weighted by Gasteiger charge is -2.31. The number of esters is 1. The van der Waals surface area contributed by atoms with Crippen molar-refractivity contribution in [2.45, 2.75) is 17.7 Å². The molecule has 0 atom stereocenters. The van der Waals surface area contributed by atoms with Crippen molar-refractivity contribution in [2.24, 2.45) is 5.92 Å². The Bertz CT molecular complexity index is 886. The predicted octanol–water partition coefficient (Wildman–Crippen LogP) is 3.85. The minimum atomic E-state index is -0.467. The van der Waals surface area contributed by atoms with E-state index < -0.39 is 5.97 Å². The van der Waals surface area contributed by atoms with Crippen molar-refractivity contribution < 1.29 is 19.1 Å². The molecule has 2 aromatic carbocycles. The molecule has 1 aliphatic rings. The van der Waals surface area contributed by atoms with E-state index in [2.05, 4.69) is 5.32 Å². The summed E-state index contributed by atoms with van der Waals surface area (Å²) >= 11 is 7.32. The fourth-order valence-electron chi connectivity index (χ4n) is 3.13. The first-order valence-corrected chi connectivity index (χ1v) is 11.1. The number of anilines is 1. The smallest absolute Gasteiger partial charge is 0.316 e. The van der Waals surface area contributed by atoms with Gasteiger partial charge in [0.2, 0.25) is 5.91 Å². The summed E-state index contributed by atoms with van der Waals surface area (Å²) < 4.78 is 5.10. The van der Waals surface area contributed by atoms with Gasteiger partial charge in [0.15, 0.2) is 6.61 Å². The van der Waals surface area contributed by atoms with Crippen LogP contribution in [0.4, 0.5) is 5.69 Å². The van der Waals surface area contributed by atoms with Crippen LogP contribution in [0.25, 0.3) is 0 Å². The first-order chi connectivity index (χ1) is 14.5. The third-order valence-electron chi connectivity index (χ3n) is 4.80. The molecule has 0 saturated carbocycles. The third-order valence-corrected chi connectivity index (χ3v) is 6.29. The summed E-state index contributed by atoms with van der Waals surface area (Å²) in [6.45, 7) is 0.651. The van der Waals surface area contributed by atoms with Crippen LogP contribution in [0.3, 0.4) is 0 Å². The highest BCUT2D eigenvalue weighted by molar-refractivity contribution is 8.00. The lowest BCUT2D eigenvalue weighted by molar-refractivity contribution is -0.150. The van der Waals surface area contributed by atoms with Gasteiger partial charge in [0.05, 0.1) is 10.8 Å². The number of para-hydroxylation sites is 1. The van der Waals surface area contributed by atoms with Crippen molar-refractivity contribution in [3.63, 3.8) is 0 Å². The zero-order valence-electron chi connectivity index (χ0n) is 16.4. The summed E-state index contributed by atoms with van der Waals surface area (Å²) in [5.41, 5.74) is 0.766. The molecule has 3 rings (SSSR count). The van der Waals surface area contributed by atoms with Crippen LogP contribution < -0.4 is 5.32 Å². The number of thioether (sulfide) groups is 1. The summed E-state index contributed by atoms with van der Waals surface area (Å²) in [4.78, 5) is 39.0. The first kappa shape index (κ1) is 22.2. The maximum Gasteiger partial charge on any atom is 0.316 e. The highest BCUT2D eigenvalue weighted by atomic mass is 35.5. The van der Waals surface area contributed by atoms with Gasteiger partial charge in [-0.15, -0.1) is 11.8 Å². The van der Waals surface area contributed by atoms with E-state index in [1.54, 1.807) is 11.0 Å². The Balaban J connectivity index is 1.36. The van der Waals surface area contributed by atoms with Gasteiger partial charge in [0.25, 0.3) is 5.91 Å². The van der Waals surface area contributed by atoms with Crippen molar-refractivity contribution in [1.82, 2.24) is 4.90 Å². The van der Waals surface area contributed by atoms with Gasteiger partial charge < -0.3 is 15.0 Å². The zero-order valence-corrected chi connectivity index (χ0v) is 18.0. The lowest BCUT2D eigenvalue weighted by Crippen LogP contribution is -2.43. The van der Waals surface area contributed by atoms with E-state index in [-0.39, 0.29) is 30.1 Å². The third kappa shape index (κ3) is 6.50.